The van der Waals surface area contributed by atoms with Gasteiger partial charge in [-0.2, -0.15) is 0 Å². The summed E-state index contributed by atoms with van der Waals surface area (Å²) in [7, 11) is -3.82. The number of fused-ring (bicyclic) bond motifs is 1. The van der Waals surface area contributed by atoms with Crippen molar-refractivity contribution in [1.82, 2.24) is 14.3 Å². The Kier molecular flexibility index (Phi) is 2.95. The fraction of sp³-hybridized carbons (Fsp3) is 0.0833. The van der Waals surface area contributed by atoms with Gasteiger partial charge in [-0.25, -0.2) is 17.7 Å². The summed E-state index contributed by atoms with van der Waals surface area (Å²) in [5.41, 5.74) is 0.522. The highest BCUT2D eigenvalue weighted by Gasteiger charge is 2.40. The maximum Gasteiger partial charge on any atom is 0.269 e. The molecule has 1 aromatic carbocycles. The second-order valence-electron chi connectivity index (χ2n) is 4.14. The molecule has 0 atom stereocenters. The van der Waals surface area contributed by atoms with Crippen molar-refractivity contribution in [2.75, 3.05) is 0 Å². The molecule has 0 unspecified atom stereocenters. The lowest BCUT2D eigenvalue weighted by atomic mass is 10.2. The Morgan fingerprint density at radius 2 is 1.90 bits per heavy atom. The van der Waals surface area contributed by atoms with Crippen LogP contribution in [0.3, 0.4) is 0 Å². The van der Waals surface area contributed by atoms with Gasteiger partial charge >= 0.3 is 0 Å². The van der Waals surface area contributed by atoms with E-state index in [9.17, 15) is 13.2 Å². The SMILES string of the molecule is O=C1c2ccccc2S(=O)(=O)N1Cc1cnc(Cl)cn1. The molecule has 0 saturated heterocycles. The van der Waals surface area contributed by atoms with E-state index in [0.717, 1.165) is 4.31 Å². The van der Waals surface area contributed by atoms with Crippen LogP contribution in [0.4, 0.5) is 0 Å². The lowest BCUT2D eigenvalue weighted by molar-refractivity contribution is 0.0864. The summed E-state index contributed by atoms with van der Waals surface area (Å²) >= 11 is 5.61. The van der Waals surface area contributed by atoms with E-state index in [1.807, 2.05) is 0 Å². The van der Waals surface area contributed by atoms with Crippen molar-refractivity contribution in [2.24, 2.45) is 0 Å². The topological polar surface area (TPSA) is 80.2 Å². The van der Waals surface area contributed by atoms with Crippen LogP contribution >= 0.6 is 11.6 Å². The number of halogens is 1. The van der Waals surface area contributed by atoms with E-state index in [0.29, 0.717) is 5.69 Å². The van der Waals surface area contributed by atoms with Crippen LogP contribution in [-0.4, -0.2) is 28.6 Å². The van der Waals surface area contributed by atoms with E-state index < -0.39 is 15.9 Å². The predicted octanol–water partition coefficient (Wildman–Crippen LogP) is 1.47. The van der Waals surface area contributed by atoms with Crippen molar-refractivity contribution in [2.45, 2.75) is 11.4 Å². The number of aromatic nitrogens is 2. The van der Waals surface area contributed by atoms with Gasteiger partial charge in [0.15, 0.2) is 0 Å². The molecule has 1 aromatic heterocycles. The van der Waals surface area contributed by atoms with Gasteiger partial charge in [-0.15, -0.1) is 0 Å². The Morgan fingerprint density at radius 3 is 2.55 bits per heavy atom. The third-order valence-electron chi connectivity index (χ3n) is 2.89. The predicted molar refractivity (Wildman–Crippen MR) is 70.5 cm³/mol. The number of carbonyl (C=O) groups is 1. The molecule has 2 heterocycles. The van der Waals surface area contributed by atoms with Gasteiger partial charge in [-0.1, -0.05) is 23.7 Å². The number of nitrogens with zero attached hydrogens (tertiary/aromatic N) is 3. The van der Waals surface area contributed by atoms with E-state index in [-0.39, 0.29) is 22.2 Å². The molecule has 0 N–H and O–H groups in total. The number of sulfonamides is 1. The molecule has 0 fully saturated rings. The Balaban J connectivity index is 2.00. The summed E-state index contributed by atoms with van der Waals surface area (Å²) in [6.45, 7) is -0.167. The Labute approximate surface area is 120 Å². The standard InChI is InChI=1S/C12H8ClN3O3S/c13-11-6-14-8(5-15-11)7-16-12(17)9-3-1-2-4-10(9)20(16,18)19/h1-6H,7H2. The molecule has 0 saturated carbocycles. The van der Waals surface area contributed by atoms with E-state index in [1.54, 1.807) is 12.1 Å². The van der Waals surface area contributed by atoms with E-state index in [2.05, 4.69) is 9.97 Å². The molecule has 8 heteroatoms. The summed E-state index contributed by atoms with van der Waals surface area (Å²) in [4.78, 5) is 19.9. The van der Waals surface area contributed by atoms with Crippen LogP contribution in [0.15, 0.2) is 41.6 Å². The summed E-state index contributed by atoms with van der Waals surface area (Å²) in [6, 6.07) is 6.10. The van der Waals surface area contributed by atoms with E-state index in [4.69, 9.17) is 11.6 Å². The zero-order chi connectivity index (χ0) is 14.3. The van der Waals surface area contributed by atoms with Crippen LogP contribution in [0, 0.1) is 0 Å². The molecule has 2 aromatic rings. The molecule has 1 amide bonds. The second kappa shape index (κ2) is 4.53. The van der Waals surface area contributed by atoms with Crippen LogP contribution in [0.25, 0.3) is 0 Å². The quantitative estimate of drug-likeness (QED) is 0.839. The maximum atomic E-state index is 12.3. The minimum absolute atomic E-state index is 0.0203. The number of hydrogen-bond acceptors (Lipinski definition) is 5. The molecule has 0 bridgehead atoms. The average molecular weight is 310 g/mol. The summed E-state index contributed by atoms with van der Waals surface area (Å²) in [5, 5.41) is 0.202. The van der Waals surface area contributed by atoms with Gasteiger partial charge in [0, 0.05) is 0 Å². The minimum Gasteiger partial charge on any atom is -0.268 e. The molecule has 0 radical (unpaired) electrons. The molecule has 1 aliphatic rings. The molecule has 102 valence electrons. The van der Waals surface area contributed by atoms with Crippen LogP contribution in [-0.2, 0) is 16.6 Å². The van der Waals surface area contributed by atoms with Gasteiger partial charge in [-0.3, -0.25) is 9.78 Å². The highest BCUT2D eigenvalue weighted by molar-refractivity contribution is 7.90. The number of amides is 1. The van der Waals surface area contributed by atoms with Crippen molar-refractivity contribution < 1.29 is 13.2 Å². The third-order valence-corrected chi connectivity index (χ3v) is 4.87. The van der Waals surface area contributed by atoms with Gasteiger partial charge in [0.2, 0.25) is 0 Å². The molecular formula is C12H8ClN3O3S. The zero-order valence-electron chi connectivity index (χ0n) is 10.0. The highest BCUT2D eigenvalue weighted by atomic mass is 35.5. The first-order valence-electron chi connectivity index (χ1n) is 5.62. The van der Waals surface area contributed by atoms with Gasteiger partial charge in [0.25, 0.3) is 15.9 Å². The molecule has 3 rings (SSSR count). The lowest BCUT2D eigenvalue weighted by Gasteiger charge is -2.14. The van der Waals surface area contributed by atoms with Gasteiger partial charge in [0.05, 0.1) is 30.2 Å². The van der Waals surface area contributed by atoms with Gasteiger partial charge < -0.3 is 0 Å². The molecule has 6 nitrogen and oxygen atoms in total. The average Bonchev–Trinajstić information content (AvgIpc) is 2.63. The number of rotatable bonds is 2. The first-order valence-corrected chi connectivity index (χ1v) is 7.44. The fourth-order valence-corrected chi connectivity index (χ4v) is 3.59. The Bertz CT molecular complexity index is 790. The first-order chi connectivity index (χ1) is 9.50. The minimum atomic E-state index is -3.82. The second-order valence-corrected chi connectivity index (χ2v) is 6.36. The summed E-state index contributed by atoms with van der Waals surface area (Å²) in [5.74, 6) is -0.558. The highest BCUT2D eigenvalue weighted by Crippen LogP contribution is 2.30. The lowest BCUT2D eigenvalue weighted by Crippen LogP contribution is -2.29. The van der Waals surface area contributed by atoms with Crippen LogP contribution in [0.5, 0.6) is 0 Å². The number of hydrogen-bond donors (Lipinski definition) is 0. The normalized spacial score (nSPS) is 16.2. The number of benzene rings is 1. The molecule has 0 spiro atoms. The first kappa shape index (κ1) is 13.0. The van der Waals surface area contributed by atoms with Gasteiger partial charge in [-0.05, 0) is 12.1 Å². The third kappa shape index (κ3) is 1.95. The molecule has 1 aliphatic heterocycles. The van der Waals surface area contributed by atoms with Crippen molar-refractivity contribution in [3.63, 3.8) is 0 Å². The zero-order valence-corrected chi connectivity index (χ0v) is 11.6. The van der Waals surface area contributed by atoms with Crippen LogP contribution < -0.4 is 0 Å². The Hall–Kier alpha value is -1.99. The monoisotopic (exact) mass is 309 g/mol. The van der Waals surface area contributed by atoms with Crippen LogP contribution in [0.1, 0.15) is 16.1 Å². The van der Waals surface area contributed by atoms with E-state index >= 15 is 0 Å². The van der Waals surface area contributed by atoms with E-state index in [1.165, 1.54) is 24.5 Å². The van der Waals surface area contributed by atoms with Crippen molar-refractivity contribution >= 4 is 27.5 Å². The van der Waals surface area contributed by atoms with Crippen molar-refractivity contribution in [3.05, 3.63) is 53.1 Å². The van der Waals surface area contributed by atoms with Gasteiger partial charge in [0.1, 0.15) is 10.0 Å². The summed E-state index contributed by atoms with van der Waals surface area (Å²) < 4.78 is 25.4. The fourth-order valence-electron chi connectivity index (χ4n) is 1.96. The summed E-state index contributed by atoms with van der Waals surface area (Å²) in [6.07, 6.45) is 2.64. The Morgan fingerprint density at radius 1 is 1.15 bits per heavy atom. The van der Waals surface area contributed by atoms with Crippen LogP contribution in [0.2, 0.25) is 5.15 Å². The van der Waals surface area contributed by atoms with Crippen molar-refractivity contribution in [1.29, 1.82) is 0 Å². The molecule has 0 aliphatic carbocycles. The molecule has 20 heavy (non-hydrogen) atoms. The smallest absolute Gasteiger partial charge is 0.268 e. The maximum absolute atomic E-state index is 12.3. The molecular weight excluding hydrogens is 302 g/mol. The number of carbonyl (C=O) groups excluding carboxylic acids is 1. The van der Waals surface area contributed by atoms with Crippen molar-refractivity contribution in [3.8, 4) is 0 Å². The largest absolute Gasteiger partial charge is 0.269 e.